The lowest BCUT2D eigenvalue weighted by Gasteiger charge is -2.23. The first-order valence-electron chi connectivity index (χ1n) is 10.5. The number of para-hydroxylation sites is 1. The number of carbonyl (C=O) groups is 1. The van der Waals surface area contributed by atoms with Gasteiger partial charge in [0.05, 0.1) is 24.6 Å². The fourth-order valence-electron chi connectivity index (χ4n) is 3.25. The Kier molecular flexibility index (Phi) is 7.71. The second-order valence-electron chi connectivity index (χ2n) is 7.91. The molecule has 1 N–H and O–H groups in total. The van der Waals surface area contributed by atoms with E-state index in [0.29, 0.717) is 17.7 Å². The first kappa shape index (κ1) is 24.3. The normalized spacial score (nSPS) is 11.3. The van der Waals surface area contributed by atoms with Gasteiger partial charge < -0.3 is 10.1 Å². The average Bonchev–Trinajstić information content (AvgIpc) is 2.76. The van der Waals surface area contributed by atoms with Gasteiger partial charge in [0.15, 0.2) is 0 Å². The molecule has 0 atom stereocenters. The van der Waals surface area contributed by atoms with Crippen LogP contribution in [0.25, 0.3) is 0 Å². The first-order valence-corrected chi connectivity index (χ1v) is 12.3. The Morgan fingerprint density at radius 3 is 2.33 bits per heavy atom. The number of rotatable bonds is 9. The molecule has 0 bridgehead atoms. The largest absolute Gasteiger partial charge is 0.491 e. The van der Waals surface area contributed by atoms with Gasteiger partial charge in [-0.25, -0.2) is 12.8 Å². The van der Waals surface area contributed by atoms with Gasteiger partial charge >= 0.3 is 0 Å². The van der Waals surface area contributed by atoms with Gasteiger partial charge in [-0.15, -0.1) is 0 Å². The summed E-state index contributed by atoms with van der Waals surface area (Å²) >= 11 is 0. The third-order valence-electron chi connectivity index (χ3n) is 4.79. The maximum absolute atomic E-state index is 14.2. The molecule has 6 nitrogen and oxygen atoms in total. The predicted molar refractivity (Wildman–Crippen MR) is 127 cm³/mol. The van der Waals surface area contributed by atoms with Crippen molar-refractivity contribution in [3.8, 4) is 5.75 Å². The van der Waals surface area contributed by atoms with Gasteiger partial charge in [0, 0.05) is 12.1 Å². The topological polar surface area (TPSA) is 75.7 Å². The Hall–Kier alpha value is -3.39. The highest BCUT2D eigenvalue weighted by Crippen LogP contribution is 2.24. The van der Waals surface area contributed by atoms with E-state index in [9.17, 15) is 17.6 Å². The summed E-state index contributed by atoms with van der Waals surface area (Å²) in [5.41, 5.74) is 1.95. The number of halogens is 1. The molecule has 0 aliphatic rings. The zero-order valence-electron chi connectivity index (χ0n) is 18.8. The van der Waals surface area contributed by atoms with Crippen molar-refractivity contribution in [3.63, 3.8) is 0 Å². The van der Waals surface area contributed by atoms with Crippen molar-refractivity contribution in [3.05, 3.63) is 95.3 Å². The highest BCUT2D eigenvalue weighted by Gasteiger charge is 2.21. The molecule has 0 radical (unpaired) electrons. The van der Waals surface area contributed by atoms with Crippen LogP contribution in [0.3, 0.4) is 0 Å². The standard InChI is InChI=1S/C25H27FN2O4S/c1-18(2)32-22-8-6-7-20(15-22)16-27-25(29)21-13-11-19(12-14-21)17-28(33(3,30)31)24-10-5-4-9-23(24)26/h4-15,18H,16-17H2,1-3H3,(H,27,29). The number of ether oxygens (including phenoxy) is 1. The highest BCUT2D eigenvalue weighted by atomic mass is 32.2. The summed E-state index contributed by atoms with van der Waals surface area (Å²) in [5.74, 6) is -0.140. The number of nitrogens with zero attached hydrogens (tertiary/aromatic N) is 1. The second-order valence-corrected chi connectivity index (χ2v) is 9.82. The Balaban J connectivity index is 1.67. The predicted octanol–water partition coefficient (Wildman–Crippen LogP) is 4.51. The van der Waals surface area contributed by atoms with Gasteiger partial charge in [-0.1, -0.05) is 36.4 Å². The molecule has 0 saturated carbocycles. The van der Waals surface area contributed by atoms with Crippen LogP contribution in [-0.2, 0) is 23.1 Å². The van der Waals surface area contributed by atoms with E-state index in [1.165, 1.54) is 18.2 Å². The summed E-state index contributed by atoms with van der Waals surface area (Å²) < 4.78 is 45.4. The SMILES string of the molecule is CC(C)Oc1cccc(CNC(=O)c2ccc(CN(c3ccccc3F)S(C)(=O)=O)cc2)c1. The van der Waals surface area contributed by atoms with Crippen LogP contribution in [0.1, 0.15) is 35.3 Å². The van der Waals surface area contributed by atoms with Gasteiger partial charge in [0.25, 0.3) is 5.91 Å². The van der Waals surface area contributed by atoms with Crippen LogP contribution >= 0.6 is 0 Å². The summed E-state index contributed by atoms with van der Waals surface area (Å²) in [7, 11) is -3.71. The molecule has 3 aromatic carbocycles. The molecular weight excluding hydrogens is 443 g/mol. The van der Waals surface area contributed by atoms with Crippen molar-refractivity contribution < 1.29 is 22.3 Å². The molecule has 3 rings (SSSR count). The molecule has 0 unspecified atom stereocenters. The lowest BCUT2D eigenvalue weighted by Crippen LogP contribution is -2.30. The van der Waals surface area contributed by atoms with E-state index in [-0.39, 0.29) is 24.2 Å². The second kappa shape index (κ2) is 10.5. The summed E-state index contributed by atoms with van der Waals surface area (Å²) in [6.45, 7) is 4.18. The average molecular weight is 471 g/mol. The number of sulfonamides is 1. The Morgan fingerprint density at radius 1 is 1.00 bits per heavy atom. The van der Waals surface area contributed by atoms with Gasteiger partial charge in [-0.05, 0) is 61.4 Å². The van der Waals surface area contributed by atoms with Gasteiger partial charge in [-0.2, -0.15) is 0 Å². The number of nitrogens with one attached hydrogen (secondary N) is 1. The van der Waals surface area contributed by atoms with Crippen LogP contribution < -0.4 is 14.4 Å². The Labute approximate surface area is 194 Å². The molecule has 0 heterocycles. The zero-order chi connectivity index (χ0) is 24.0. The maximum Gasteiger partial charge on any atom is 0.251 e. The fraction of sp³-hybridized carbons (Fsp3) is 0.240. The summed E-state index contributed by atoms with van der Waals surface area (Å²) in [4.78, 5) is 12.5. The molecular formula is C25H27FN2O4S. The lowest BCUT2D eigenvalue weighted by molar-refractivity contribution is 0.0950. The van der Waals surface area contributed by atoms with Crippen molar-refractivity contribution in [2.75, 3.05) is 10.6 Å². The van der Waals surface area contributed by atoms with Crippen molar-refractivity contribution >= 4 is 21.6 Å². The third-order valence-corrected chi connectivity index (χ3v) is 5.91. The molecule has 3 aromatic rings. The minimum atomic E-state index is -3.71. The minimum absolute atomic E-state index is 0.0227. The number of hydrogen-bond donors (Lipinski definition) is 1. The quantitative estimate of drug-likeness (QED) is 0.499. The van der Waals surface area contributed by atoms with E-state index in [1.807, 2.05) is 38.1 Å². The molecule has 0 fully saturated rings. The Morgan fingerprint density at radius 2 is 1.70 bits per heavy atom. The number of amides is 1. The first-order chi connectivity index (χ1) is 15.6. The monoisotopic (exact) mass is 470 g/mol. The van der Waals surface area contributed by atoms with Gasteiger partial charge in [0.2, 0.25) is 10.0 Å². The molecule has 0 saturated heterocycles. The molecule has 0 spiro atoms. The summed E-state index contributed by atoms with van der Waals surface area (Å²) in [6.07, 6.45) is 1.09. The summed E-state index contributed by atoms with van der Waals surface area (Å²) in [5, 5.41) is 2.86. The molecule has 174 valence electrons. The highest BCUT2D eigenvalue weighted by molar-refractivity contribution is 7.92. The van der Waals surface area contributed by atoms with Crippen LogP contribution in [0.2, 0.25) is 0 Å². The number of hydrogen-bond acceptors (Lipinski definition) is 4. The van der Waals surface area contributed by atoms with E-state index in [0.717, 1.165) is 21.9 Å². The van der Waals surface area contributed by atoms with E-state index < -0.39 is 15.8 Å². The molecule has 0 aliphatic carbocycles. The van der Waals surface area contributed by atoms with E-state index in [2.05, 4.69) is 5.32 Å². The summed E-state index contributed by atoms with van der Waals surface area (Å²) in [6, 6.07) is 19.8. The third kappa shape index (κ3) is 6.79. The van der Waals surface area contributed by atoms with Crippen molar-refractivity contribution in [1.82, 2.24) is 5.32 Å². The smallest absolute Gasteiger partial charge is 0.251 e. The zero-order valence-corrected chi connectivity index (χ0v) is 19.6. The van der Waals surface area contributed by atoms with Gasteiger partial charge in [0.1, 0.15) is 11.6 Å². The van der Waals surface area contributed by atoms with Gasteiger partial charge in [-0.3, -0.25) is 9.10 Å². The maximum atomic E-state index is 14.2. The fourth-order valence-corrected chi connectivity index (χ4v) is 4.14. The van der Waals surface area contributed by atoms with E-state index in [4.69, 9.17) is 4.74 Å². The minimum Gasteiger partial charge on any atom is -0.491 e. The molecule has 0 aromatic heterocycles. The van der Waals surface area contributed by atoms with Crippen LogP contribution in [0.4, 0.5) is 10.1 Å². The van der Waals surface area contributed by atoms with Crippen LogP contribution in [-0.4, -0.2) is 26.7 Å². The van der Waals surface area contributed by atoms with Crippen LogP contribution in [0.15, 0.2) is 72.8 Å². The molecule has 8 heteroatoms. The van der Waals surface area contributed by atoms with E-state index in [1.54, 1.807) is 30.3 Å². The van der Waals surface area contributed by atoms with E-state index >= 15 is 0 Å². The Bertz CT molecular complexity index is 1210. The van der Waals surface area contributed by atoms with Crippen molar-refractivity contribution in [2.24, 2.45) is 0 Å². The lowest BCUT2D eigenvalue weighted by atomic mass is 10.1. The number of benzene rings is 3. The molecule has 0 aliphatic heterocycles. The van der Waals surface area contributed by atoms with Crippen molar-refractivity contribution in [2.45, 2.75) is 33.0 Å². The number of carbonyl (C=O) groups excluding carboxylic acids is 1. The van der Waals surface area contributed by atoms with Crippen LogP contribution in [0.5, 0.6) is 5.75 Å². The van der Waals surface area contributed by atoms with Crippen molar-refractivity contribution in [1.29, 1.82) is 0 Å². The van der Waals surface area contributed by atoms with Crippen LogP contribution in [0, 0.1) is 5.82 Å². The molecule has 33 heavy (non-hydrogen) atoms. The number of anilines is 1. The molecule has 1 amide bonds.